The van der Waals surface area contributed by atoms with Gasteiger partial charge in [0.25, 0.3) is 0 Å². The molecule has 1 aromatic carbocycles. The molecule has 126 valence electrons. The monoisotopic (exact) mass is 410 g/mol. The van der Waals surface area contributed by atoms with Crippen LogP contribution in [-0.4, -0.2) is 9.79 Å². The van der Waals surface area contributed by atoms with Crippen molar-refractivity contribution in [1.82, 2.24) is 0 Å². The Hall–Kier alpha value is -0.500. The third-order valence-electron chi connectivity index (χ3n) is 3.18. The van der Waals surface area contributed by atoms with Gasteiger partial charge in [0.15, 0.2) is 0 Å². The van der Waals surface area contributed by atoms with Gasteiger partial charge in [0.1, 0.15) is 0 Å². The fourth-order valence-corrected chi connectivity index (χ4v) is 3.68. The molecule has 1 rings (SSSR count). The summed E-state index contributed by atoms with van der Waals surface area (Å²) in [6, 6.07) is 0.112. The molecule has 0 radical (unpaired) electrons. The smallest absolute Gasteiger partial charge is 0.320 e. The summed E-state index contributed by atoms with van der Waals surface area (Å²) in [5.41, 5.74) is -7.60. The Morgan fingerprint density at radius 3 is 1.82 bits per heavy atom. The fraction of sp³-hybridized carbons (Fsp3) is 0.500. The van der Waals surface area contributed by atoms with E-state index in [0.29, 0.717) is 0 Å². The summed E-state index contributed by atoms with van der Waals surface area (Å²) in [5, 5.41) is 0. The molecule has 10 heteroatoms. The fourth-order valence-electron chi connectivity index (χ4n) is 2.15. The van der Waals surface area contributed by atoms with Crippen molar-refractivity contribution in [1.29, 1.82) is 0 Å². The van der Waals surface area contributed by atoms with Gasteiger partial charge in [0, 0.05) is 10.0 Å². The van der Waals surface area contributed by atoms with Crippen LogP contribution in [0.3, 0.4) is 0 Å². The molecular weight excluding hydrogens is 398 g/mol. The maximum atomic E-state index is 13.9. The van der Waals surface area contributed by atoms with Gasteiger partial charge in [-0.15, -0.1) is 0 Å². The maximum absolute atomic E-state index is 13.9. The van der Waals surface area contributed by atoms with E-state index >= 15 is 0 Å². The van der Waals surface area contributed by atoms with Crippen molar-refractivity contribution in [2.45, 2.75) is 38.5 Å². The van der Waals surface area contributed by atoms with Gasteiger partial charge >= 0.3 is 19.4 Å². The van der Waals surface area contributed by atoms with Crippen LogP contribution in [0.5, 0.6) is 0 Å². The van der Waals surface area contributed by atoms with Crippen LogP contribution in [0.25, 0.3) is 0 Å². The first kappa shape index (κ1) is 19.5. The van der Waals surface area contributed by atoms with Crippen LogP contribution in [0.2, 0.25) is 0 Å². The summed E-state index contributed by atoms with van der Waals surface area (Å²) in [5.74, 6) is 0. The second-order valence-corrected chi connectivity index (χ2v) is 6.98. The van der Waals surface area contributed by atoms with E-state index < -0.39 is 35.0 Å². The van der Waals surface area contributed by atoms with Crippen LogP contribution in [0.1, 0.15) is 36.1 Å². The van der Waals surface area contributed by atoms with Gasteiger partial charge in [-0.25, -0.2) is 0 Å². The maximum Gasteiger partial charge on any atom is 0.416 e. The number of hydrogen-bond donors (Lipinski definition) is 2. The molecule has 0 amide bonds. The van der Waals surface area contributed by atoms with Crippen LogP contribution < -0.4 is 0 Å². The van der Waals surface area contributed by atoms with Crippen molar-refractivity contribution in [2.24, 2.45) is 0 Å². The van der Waals surface area contributed by atoms with Gasteiger partial charge in [-0.2, -0.15) is 22.0 Å². The first-order valence-corrected chi connectivity index (χ1v) is 8.54. The van der Waals surface area contributed by atoms with Gasteiger partial charge < -0.3 is 9.79 Å². The average Bonchev–Trinajstić information content (AvgIpc) is 2.34. The highest BCUT2D eigenvalue weighted by Crippen LogP contribution is 2.61. The van der Waals surface area contributed by atoms with E-state index in [1.165, 1.54) is 13.8 Å². The van der Waals surface area contributed by atoms with Crippen molar-refractivity contribution >= 4 is 23.5 Å². The zero-order valence-corrected chi connectivity index (χ0v) is 14.0. The average molecular weight is 411 g/mol. The number of alkyl halides is 5. The molecule has 0 aliphatic rings. The summed E-state index contributed by atoms with van der Waals surface area (Å²) in [7, 11) is -5.97. The van der Waals surface area contributed by atoms with Crippen molar-refractivity contribution in [2.75, 3.05) is 0 Å². The Balaban J connectivity index is 3.87. The highest BCUT2D eigenvalue weighted by molar-refractivity contribution is 9.10. The van der Waals surface area contributed by atoms with Crippen LogP contribution in [-0.2, 0) is 29.2 Å². The number of rotatable bonds is 4. The Morgan fingerprint density at radius 2 is 1.50 bits per heavy atom. The van der Waals surface area contributed by atoms with Gasteiger partial charge in [0.05, 0.1) is 5.56 Å². The molecular formula is C12H13BrF5O3P. The number of benzene rings is 1. The Bertz CT molecular complexity index is 624. The van der Waals surface area contributed by atoms with Crippen molar-refractivity contribution in [3.05, 3.63) is 32.8 Å². The van der Waals surface area contributed by atoms with Gasteiger partial charge in [-0.3, -0.25) is 4.57 Å². The number of halogens is 6. The molecule has 0 aromatic heterocycles. The van der Waals surface area contributed by atoms with Gasteiger partial charge in [0.2, 0.25) is 0 Å². The lowest BCUT2D eigenvalue weighted by molar-refractivity contribution is -0.138. The predicted octanol–water partition coefficient (Wildman–Crippen LogP) is 4.82. The zero-order chi connectivity index (χ0) is 17.5. The summed E-state index contributed by atoms with van der Waals surface area (Å²) in [4.78, 5) is 17.5. The molecule has 0 spiro atoms. The van der Waals surface area contributed by atoms with Crippen LogP contribution in [0.15, 0.2) is 10.5 Å². The van der Waals surface area contributed by atoms with E-state index in [4.69, 9.17) is 9.79 Å². The van der Waals surface area contributed by atoms with Crippen LogP contribution >= 0.6 is 23.5 Å². The normalized spacial score (nSPS) is 13.5. The summed E-state index contributed by atoms with van der Waals surface area (Å²) in [6.07, 6.45) is -4.97. The van der Waals surface area contributed by atoms with Crippen LogP contribution in [0, 0.1) is 0 Å². The van der Waals surface area contributed by atoms with E-state index in [9.17, 15) is 26.5 Å². The van der Waals surface area contributed by atoms with E-state index in [0.717, 1.165) is 0 Å². The minimum Gasteiger partial charge on any atom is -0.320 e. The first-order chi connectivity index (χ1) is 9.79. The van der Waals surface area contributed by atoms with Crippen molar-refractivity contribution < 1.29 is 36.3 Å². The lowest BCUT2D eigenvalue weighted by atomic mass is 9.94. The topological polar surface area (TPSA) is 57.5 Å². The quantitative estimate of drug-likeness (QED) is 0.552. The second kappa shape index (κ2) is 6.19. The van der Waals surface area contributed by atoms with E-state index in [1.54, 1.807) is 0 Å². The minimum absolute atomic E-state index is 0.00207. The largest absolute Gasteiger partial charge is 0.416 e. The molecule has 1 aromatic rings. The third kappa shape index (κ3) is 3.37. The minimum atomic E-state index is -5.97. The van der Waals surface area contributed by atoms with E-state index in [-0.39, 0.29) is 30.0 Å². The highest BCUT2D eigenvalue weighted by Gasteiger charge is 2.53. The Kier molecular flexibility index (Phi) is 5.50. The van der Waals surface area contributed by atoms with Gasteiger partial charge in [-0.1, -0.05) is 13.8 Å². The van der Waals surface area contributed by atoms with Crippen molar-refractivity contribution in [3.8, 4) is 0 Å². The summed E-state index contributed by atoms with van der Waals surface area (Å²) < 4.78 is 77.6. The number of hydrogen-bond acceptors (Lipinski definition) is 1. The molecule has 0 unspecified atom stereocenters. The second-order valence-electron chi connectivity index (χ2n) is 4.53. The summed E-state index contributed by atoms with van der Waals surface area (Å²) >= 11 is 2.77. The van der Waals surface area contributed by atoms with Crippen molar-refractivity contribution in [3.63, 3.8) is 0 Å². The third-order valence-corrected chi connectivity index (χ3v) is 5.06. The van der Waals surface area contributed by atoms with E-state index in [1.807, 2.05) is 0 Å². The zero-order valence-electron chi connectivity index (χ0n) is 11.5. The molecule has 0 saturated heterocycles. The molecule has 0 heterocycles. The molecule has 0 aliphatic heterocycles. The van der Waals surface area contributed by atoms with E-state index in [2.05, 4.69) is 15.9 Å². The molecule has 0 fully saturated rings. The molecule has 3 nitrogen and oxygen atoms in total. The lowest BCUT2D eigenvalue weighted by Crippen LogP contribution is -2.20. The highest BCUT2D eigenvalue weighted by atomic mass is 79.9. The predicted molar refractivity (Wildman–Crippen MR) is 73.8 cm³/mol. The Morgan fingerprint density at radius 1 is 1.05 bits per heavy atom. The standard InChI is InChI=1S/C12H13BrF5O3P/c1-3-6-7(4-2)10(13)9(5-8(6)11(14,15)16)12(17,18)22(19,20)21/h5H,3-4H2,1-2H3,(H2,19,20,21). The van der Waals surface area contributed by atoms with Gasteiger partial charge in [-0.05, 0) is 46.0 Å². The lowest BCUT2D eigenvalue weighted by Gasteiger charge is -2.24. The molecule has 22 heavy (non-hydrogen) atoms. The molecule has 0 saturated carbocycles. The molecule has 0 atom stereocenters. The molecule has 2 N–H and O–H groups in total. The SMILES string of the molecule is CCc1c(C(F)(F)F)cc(C(F)(F)P(=O)(O)O)c(Br)c1CC. The molecule has 0 bridgehead atoms. The molecule has 0 aliphatic carbocycles. The van der Waals surface area contributed by atoms with Crippen LogP contribution in [0.4, 0.5) is 22.0 Å². The Labute approximate surface area is 131 Å². The first-order valence-electron chi connectivity index (χ1n) is 6.14. The summed E-state index contributed by atoms with van der Waals surface area (Å²) in [6.45, 7) is 2.91.